The van der Waals surface area contributed by atoms with Gasteiger partial charge in [0.2, 0.25) is 11.9 Å². The van der Waals surface area contributed by atoms with Crippen molar-refractivity contribution in [2.24, 2.45) is 0 Å². The van der Waals surface area contributed by atoms with Crippen LogP contribution >= 0.6 is 0 Å². The van der Waals surface area contributed by atoms with Crippen molar-refractivity contribution in [2.45, 2.75) is 0 Å². The Bertz CT molecular complexity index is 9680. The van der Waals surface area contributed by atoms with Gasteiger partial charge in [-0.3, -0.25) is 9.13 Å². The predicted molar refractivity (Wildman–Crippen MR) is 566 cm³/mol. The van der Waals surface area contributed by atoms with Gasteiger partial charge in [-0.1, -0.05) is 382 Å². The lowest BCUT2D eigenvalue weighted by Crippen LogP contribution is -2.06. The molecule has 138 heavy (non-hydrogen) atoms. The third-order valence-corrected chi connectivity index (χ3v) is 27.2. The first-order chi connectivity index (χ1) is 68.5. The van der Waals surface area contributed by atoms with E-state index >= 15 is 0 Å². The van der Waals surface area contributed by atoms with Crippen molar-refractivity contribution in [2.75, 3.05) is 0 Å². The molecule has 0 aliphatic rings. The Hall–Kier alpha value is -18.8. The van der Waals surface area contributed by atoms with Crippen molar-refractivity contribution >= 4 is 131 Å². The van der Waals surface area contributed by atoms with Crippen LogP contribution in [0.3, 0.4) is 0 Å². The quantitative estimate of drug-likeness (QED) is 0.105. The Morgan fingerprint density at radius 3 is 0.899 bits per heavy atom. The van der Waals surface area contributed by atoms with E-state index in [1.807, 2.05) is 36.4 Å². The van der Waals surface area contributed by atoms with Gasteiger partial charge in [0, 0.05) is 87.1 Å². The summed E-state index contributed by atoms with van der Waals surface area (Å²) in [6.07, 6.45) is 0. The second kappa shape index (κ2) is 32.6. The summed E-state index contributed by atoms with van der Waals surface area (Å²) < 4.78 is 23.0. The average Bonchev–Trinajstić information content (AvgIpc) is 1.54. The molecule has 0 N–H and O–H groups in total. The zero-order chi connectivity index (χ0) is 90.8. The summed E-state index contributed by atoms with van der Waals surface area (Å²) in [7, 11) is 0. The Morgan fingerprint density at radius 2 is 0.457 bits per heavy atom. The molecule has 8 heterocycles. The van der Waals surface area contributed by atoms with Crippen LogP contribution in [0.2, 0.25) is 0 Å². The van der Waals surface area contributed by atoms with Gasteiger partial charge in [0.15, 0.2) is 23.3 Å². The van der Waals surface area contributed by atoms with Gasteiger partial charge in [-0.05, 0) is 158 Å². The summed E-state index contributed by atoms with van der Waals surface area (Å²) in [4.78, 5) is 32.4. The summed E-state index contributed by atoms with van der Waals surface area (Å²) in [5.74, 6) is 3.20. The molecule has 0 fully saturated rings. The molecule has 12 nitrogen and oxygen atoms in total. The third-order valence-electron chi connectivity index (χ3n) is 27.2. The fourth-order valence-corrected chi connectivity index (χ4v) is 21.0. The van der Waals surface area contributed by atoms with Crippen molar-refractivity contribution in [1.82, 2.24) is 48.2 Å². The molecule has 28 rings (SSSR count). The van der Waals surface area contributed by atoms with Gasteiger partial charge >= 0.3 is 0 Å². The number of furan rings is 2. The van der Waals surface area contributed by atoms with Gasteiger partial charge in [-0.15, -0.1) is 0 Å². The first-order valence-electron chi connectivity index (χ1n) is 46.5. The van der Waals surface area contributed by atoms with E-state index in [-0.39, 0.29) is 0 Å². The lowest BCUT2D eigenvalue weighted by Gasteiger charge is -2.12. The van der Waals surface area contributed by atoms with Crippen molar-refractivity contribution in [3.63, 3.8) is 0 Å². The van der Waals surface area contributed by atoms with Crippen LogP contribution in [-0.4, -0.2) is 48.2 Å². The third kappa shape index (κ3) is 13.1. The normalized spacial score (nSPS) is 11.8. The molecule has 0 spiro atoms. The number of benzene rings is 20. The van der Waals surface area contributed by atoms with Crippen molar-refractivity contribution in [3.05, 3.63) is 473 Å². The number of fused-ring (bicyclic) bond motifs is 20. The zero-order valence-corrected chi connectivity index (χ0v) is 74.3. The molecule has 644 valence electrons. The van der Waals surface area contributed by atoms with Crippen LogP contribution in [0.25, 0.3) is 267 Å². The highest BCUT2D eigenvalue weighted by molar-refractivity contribution is 6.30. The first kappa shape index (κ1) is 79.0. The zero-order valence-electron chi connectivity index (χ0n) is 74.3. The Labute approximate surface area is 791 Å². The van der Waals surface area contributed by atoms with E-state index in [9.17, 15) is 0 Å². The Balaban J connectivity index is 0.000000139. The van der Waals surface area contributed by atoms with Crippen LogP contribution in [-0.2, 0) is 0 Å². The maximum Gasteiger partial charge on any atom is 0.238 e. The number of aromatic nitrogens is 10. The lowest BCUT2D eigenvalue weighted by molar-refractivity contribution is 0.669. The van der Waals surface area contributed by atoms with Crippen LogP contribution in [0.15, 0.2) is 482 Å². The van der Waals surface area contributed by atoms with Gasteiger partial charge in [0.25, 0.3) is 0 Å². The molecule has 0 bridgehead atoms. The SMILES string of the molecule is c1ccc(-c2ccc(-c3nc(-c4cccc5c4oc4cccc(-c6ccccc6)c45)nc(-n4c5ccccc5c5c6c7ccccc7n(-c7cccc(-c8ccccc8)c7)c6ccc54)n3)cc2)cc1.c1ccc(-c2ccc(-c3nc(-c4cccc5c4oc4cccc(-c6ccccc6)c45)nc(-n4c5ccccc5c5ccc6c(c7ccccc7n6-c6cccc(-c7ccccc7)c6)c54)n3)cc2)cc1. The smallest absolute Gasteiger partial charge is 0.238 e. The van der Waals surface area contributed by atoms with Crippen LogP contribution in [0.1, 0.15) is 0 Å². The molecule has 12 heteroatoms. The van der Waals surface area contributed by atoms with Crippen molar-refractivity contribution < 1.29 is 8.83 Å². The minimum atomic E-state index is 0.516. The van der Waals surface area contributed by atoms with Crippen LogP contribution in [0, 0.1) is 0 Å². The van der Waals surface area contributed by atoms with Crippen molar-refractivity contribution in [3.8, 4) is 136 Å². The minimum Gasteiger partial charge on any atom is -0.455 e. The van der Waals surface area contributed by atoms with Crippen LogP contribution < -0.4 is 0 Å². The summed E-state index contributed by atoms with van der Waals surface area (Å²) >= 11 is 0. The lowest BCUT2D eigenvalue weighted by atomic mass is 9.99. The number of nitrogens with zero attached hydrogens (tertiary/aromatic N) is 10. The van der Waals surface area contributed by atoms with E-state index in [0.29, 0.717) is 35.2 Å². The van der Waals surface area contributed by atoms with E-state index in [4.69, 9.17) is 38.7 Å². The fourth-order valence-electron chi connectivity index (χ4n) is 21.0. The molecule has 0 saturated carbocycles. The van der Waals surface area contributed by atoms with E-state index < -0.39 is 0 Å². The maximum absolute atomic E-state index is 6.86. The molecule has 0 unspecified atom stereocenters. The molecule has 8 aromatic heterocycles. The number of hydrogen-bond acceptors (Lipinski definition) is 8. The molecule has 20 aromatic carbocycles. The second-order valence-electron chi connectivity index (χ2n) is 35.1. The molecular formula is C126H78N10O2. The minimum absolute atomic E-state index is 0.516. The topological polar surface area (TPSA) is 123 Å². The molecule has 28 aromatic rings. The summed E-state index contributed by atoms with van der Waals surface area (Å²) in [6, 6.07) is 166. The predicted octanol–water partition coefficient (Wildman–Crippen LogP) is 32.6. The van der Waals surface area contributed by atoms with E-state index in [1.165, 1.54) is 27.5 Å². The van der Waals surface area contributed by atoms with Gasteiger partial charge < -0.3 is 18.0 Å². The fraction of sp³-hybridized carbons (Fsp3) is 0. The molecule has 0 saturated heterocycles. The van der Waals surface area contributed by atoms with Gasteiger partial charge in [0.05, 0.1) is 55.3 Å². The molecule has 0 amide bonds. The van der Waals surface area contributed by atoms with Crippen LogP contribution in [0.5, 0.6) is 0 Å². The maximum atomic E-state index is 6.86. The second-order valence-corrected chi connectivity index (χ2v) is 35.1. The number of para-hydroxylation sites is 6. The first-order valence-corrected chi connectivity index (χ1v) is 46.5. The average molecular weight is 1760 g/mol. The highest BCUT2D eigenvalue weighted by atomic mass is 16.3. The van der Waals surface area contributed by atoms with Gasteiger partial charge in [-0.25, -0.2) is 9.97 Å². The van der Waals surface area contributed by atoms with E-state index in [2.05, 4.69) is 455 Å². The largest absolute Gasteiger partial charge is 0.455 e. The van der Waals surface area contributed by atoms with E-state index in [0.717, 1.165) is 204 Å². The van der Waals surface area contributed by atoms with Gasteiger partial charge in [-0.2, -0.15) is 19.9 Å². The molecule has 0 aliphatic carbocycles. The monoisotopic (exact) mass is 1760 g/mol. The van der Waals surface area contributed by atoms with Crippen molar-refractivity contribution in [1.29, 1.82) is 0 Å². The summed E-state index contributed by atoms with van der Waals surface area (Å²) in [6.45, 7) is 0. The molecule has 0 aliphatic heterocycles. The summed E-state index contributed by atoms with van der Waals surface area (Å²) in [5, 5.41) is 13.2. The highest BCUT2D eigenvalue weighted by Crippen LogP contribution is 2.49. The highest BCUT2D eigenvalue weighted by Gasteiger charge is 2.29. The molecule has 0 atom stereocenters. The van der Waals surface area contributed by atoms with Gasteiger partial charge in [0.1, 0.15) is 22.3 Å². The standard InChI is InChI=1S/2C63H39N5O/c1-4-17-40(18-5-1)42-33-35-44(36-34-42)61-64-62(52-29-15-28-51-57-47(43-21-8-3-9-22-43)27-16-32-56(57)69-60(51)52)66-63(65-61)68-53-30-12-10-25-48(53)49-37-38-55-58(59(49)68)50-26-11-13-31-54(50)67(55)46-24-14-23-45(39-46)41-19-6-2-7-20-41;1-4-17-40(18-5-1)42-33-35-44(36-34-42)61-64-62(51-29-15-28-50-57-47(43-21-8-3-9-22-43)27-16-32-56(57)69-60(50)51)66-63(65-61)68-53-31-13-11-26-49(53)59-55(68)38-37-54-58(59)48-25-10-12-30-52(48)67(54)46-24-14-23-45(39-46)41-19-6-2-7-20-41/h2*1-39H. The Morgan fingerprint density at radius 1 is 0.159 bits per heavy atom. The number of rotatable bonds is 14. The van der Waals surface area contributed by atoms with Crippen LogP contribution in [0.4, 0.5) is 0 Å². The molecule has 0 radical (unpaired) electrons. The summed E-state index contributed by atoms with van der Waals surface area (Å²) in [5.41, 5.74) is 30.8. The number of hydrogen-bond donors (Lipinski definition) is 0. The Kier molecular flexibility index (Phi) is 18.7. The molecular weight excluding hydrogens is 1690 g/mol. The van der Waals surface area contributed by atoms with E-state index in [1.54, 1.807) is 0 Å².